The van der Waals surface area contributed by atoms with Crippen molar-refractivity contribution in [2.75, 3.05) is 19.9 Å². The van der Waals surface area contributed by atoms with E-state index in [0.29, 0.717) is 35.2 Å². The average molecular weight is 350 g/mol. The molecule has 3 heterocycles. The number of hydrogen-bond donors (Lipinski definition) is 0. The van der Waals surface area contributed by atoms with Gasteiger partial charge >= 0.3 is 5.63 Å². The van der Waals surface area contributed by atoms with Crippen LogP contribution in [0.4, 0.5) is 0 Å². The van der Waals surface area contributed by atoms with Gasteiger partial charge < -0.3 is 13.9 Å². The number of aryl methyl sites for hydroxylation is 1. The van der Waals surface area contributed by atoms with Crippen molar-refractivity contribution in [3.63, 3.8) is 0 Å². The van der Waals surface area contributed by atoms with Crippen LogP contribution in [0.1, 0.15) is 29.5 Å². The zero-order valence-electron chi connectivity index (χ0n) is 13.9. The molecule has 0 spiro atoms. The predicted molar refractivity (Wildman–Crippen MR) is 91.8 cm³/mol. The third-order valence-electron chi connectivity index (χ3n) is 5.01. The first-order valence-corrected chi connectivity index (χ1v) is 8.64. The number of fused-ring (bicyclic) bond motifs is 3. The highest BCUT2D eigenvalue weighted by molar-refractivity contribution is 6.33. The fourth-order valence-corrected chi connectivity index (χ4v) is 3.78. The molecule has 0 saturated carbocycles. The van der Waals surface area contributed by atoms with Gasteiger partial charge in [-0.25, -0.2) is 4.79 Å². The largest absolute Gasteiger partial charge is 0.476 e. The van der Waals surface area contributed by atoms with E-state index in [0.717, 1.165) is 42.5 Å². The molecule has 0 radical (unpaired) electrons. The summed E-state index contributed by atoms with van der Waals surface area (Å²) in [5, 5.41) is 1.43. The summed E-state index contributed by atoms with van der Waals surface area (Å²) in [6.07, 6.45) is 2.43. The number of nitrogens with zero attached hydrogens (tertiary/aromatic N) is 1. The minimum Gasteiger partial charge on any atom is -0.476 e. The van der Waals surface area contributed by atoms with Gasteiger partial charge in [0.2, 0.25) is 0 Å². The second-order valence-corrected chi connectivity index (χ2v) is 7.01. The molecule has 2 aromatic rings. The van der Waals surface area contributed by atoms with Crippen molar-refractivity contribution in [1.82, 2.24) is 4.90 Å². The Kier molecular flexibility index (Phi) is 4.03. The molecule has 0 N–H and O–H groups in total. The Balaban J connectivity index is 1.77. The summed E-state index contributed by atoms with van der Waals surface area (Å²) >= 11 is 6.42. The fourth-order valence-electron chi connectivity index (χ4n) is 3.51. The quantitative estimate of drug-likeness (QED) is 0.778. The lowest BCUT2D eigenvalue weighted by Crippen LogP contribution is -2.37. The molecule has 5 nitrogen and oxygen atoms in total. The van der Waals surface area contributed by atoms with Gasteiger partial charge in [-0.15, -0.1) is 0 Å². The predicted octanol–water partition coefficient (Wildman–Crippen LogP) is 3.39. The van der Waals surface area contributed by atoms with Crippen LogP contribution in [0.5, 0.6) is 5.75 Å². The van der Waals surface area contributed by atoms with E-state index in [1.165, 1.54) is 0 Å². The number of hydrogen-bond acceptors (Lipinski definition) is 5. The minimum atomic E-state index is -0.305. The van der Waals surface area contributed by atoms with E-state index in [-0.39, 0.29) is 11.7 Å². The summed E-state index contributed by atoms with van der Waals surface area (Å²) in [6, 6.07) is 1.83. The van der Waals surface area contributed by atoms with Gasteiger partial charge in [0.25, 0.3) is 0 Å². The van der Waals surface area contributed by atoms with Crippen molar-refractivity contribution in [2.24, 2.45) is 0 Å². The van der Waals surface area contributed by atoms with E-state index >= 15 is 0 Å². The van der Waals surface area contributed by atoms with Gasteiger partial charge in [0, 0.05) is 30.6 Å². The second-order valence-electron chi connectivity index (χ2n) is 6.60. The van der Waals surface area contributed by atoms with Crippen LogP contribution in [0.25, 0.3) is 11.0 Å². The Labute approximate surface area is 145 Å². The maximum Gasteiger partial charge on any atom is 0.339 e. The Morgan fingerprint density at radius 1 is 1.33 bits per heavy atom. The molecule has 0 aliphatic carbocycles. The molecule has 1 aromatic heterocycles. The molecule has 1 fully saturated rings. The van der Waals surface area contributed by atoms with Gasteiger partial charge in [-0.1, -0.05) is 11.6 Å². The summed E-state index contributed by atoms with van der Waals surface area (Å²) in [4.78, 5) is 14.3. The zero-order chi connectivity index (χ0) is 16.8. The van der Waals surface area contributed by atoms with E-state index in [1.54, 1.807) is 6.92 Å². The molecule has 1 aromatic carbocycles. The minimum absolute atomic E-state index is 0.247. The molecular formula is C18H20ClNO4. The lowest BCUT2D eigenvalue weighted by atomic mass is 10.0. The SMILES string of the molecule is Cc1c(C)c2cc(Cl)c3c(c2oc1=O)CN(C[C@H]1CCCO1)CO3. The molecule has 1 saturated heterocycles. The summed E-state index contributed by atoms with van der Waals surface area (Å²) in [6.45, 7) is 6.44. The van der Waals surface area contributed by atoms with Gasteiger partial charge in [-0.2, -0.15) is 0 Å². The van der Waals surface area contributed by atoms with Crippen LogP contribution >= 0.6 is 11.6 Å². The number of halogens is 1. The van der Waals surface area contributed by atoms with Gasteiger partial charge in [-0.3, -0.25) is 4.90 Å². The van der Waals surface area contributed by atoms with Crippen LogP contribution in [0.3, 0.4) is 0 Å². The highest BCUT2D eigenvalue weighted by Gasteiger charge is 2.28. The smallest absolute Gasteiger partial charge is 0.339 e. The monoisotopic (exact) mass is 349 g/mol. The molecule has 128 valence electrons. The van der Waals surface area contributed by atoms with Gasteiger partial charge in [0.1, 0.15) is 18.1 Å². The first kappa shape index (κ1) is 15.9. The normalized spacial score (nSPS) is 21.0. The van der Waals surface area contributed by atoms with Crippen molar-refractivity contribution < 1.29 is 13.9 Å². The number of ether oxygens (including phenoxy) is 2. The third kappa shape index (κ3) is 2.61. The van der Waals surface area contributed by atoms with Crippen molar-refractivity contribution in [1.29, 1.82) is 0 Å². The Morgan fingerprint density at radius 2 is 2.17 bits per heavy atom. The van der Waals surface area contributed by atoms with E-state index in [1.807, 2.05) is 13.0 Å². The van der Waals surface area contributed by atoms with Crippen molar-refractivity contribution in [3.8, 4) is 5.75 Å². The molecule has 2 aliphatic heterocycles. The maximum atomic E-state index is 12.1. The van der Waals surface area contributed by atoms with Crippen LogP contribution < -0.4 is 10.4 Å². The topological polar surface area (TPSA) is 51.9 Å². The van der Waals surface area contributed by atoms with Gasteiger partial charge in [0.05, 0.1) is 16.7 Å². The molecule has 2 aliphatic rings. The lowest BCUT2D eigenvalue weighted by Gasteiger charge is -2.31. The van der Waals surface area contributed by atoms with Crippen LogP contribution in [0.15, 0.2) is 15.3 Å². The third-order valence-corrected chi connectivity index (χ3v) is 5.29. The Hall–Kier alpha value is -1.56. The van der Waals surface area contributed by atoms with Gasteiger partial charge in [0.15, 0.2) is 0 Å². The van der Waals surface area contributed by atoms with Crippen LogP contribution in [-0.4, -0.2) is 30.9 Å². The van der Waals surface area contributed by atoms with E-state index in [2.05, 4.69) is 4.90 Å². The number of benzene rings is 1. The van der Waals surface area contributed by atoms with E-state index in [9.17, 15) is 4.79 Å². The summed E-state index contributed by atoms with van der Waals surface area (Å²) in [5.41, 5.74) is 2.65. The van der Waals surface area contributed by atoms with Crippen LogP contribution in [-0.2, 0) is 11.3 Å². The highest BCUT2D eigenvalue weighted by Crippen LogP contribution is 2.39. The first-order chi connectivity index (χ1) is 11.5. The maximum absolute atomic E-state index is 12.1. The van der Waals surface area contributed by atoms with Gasteiger partial charge in [-0.05, 0) is 38.3 Å². The molecule has 4 rings (SSSR count). The molecule has 24 heavy (non-hydrogen) atoms. The molecular weight excluding hydrogens is 330 g/mol. The average Bonchev–Trinajstić information content (AvgIpc) is 3.07. The summed E-state index contributed by atoms with van der Waals surface area (Å²) < 4.78 is 17.2. The lowest BCUT2D eigenvalue weighted by molar-refractivity contribution is 0.0281. The summed E-state index contributed by atoms with van der Waals surface area (Å²) in [7, 11) is 0. The van der Waals surface area contributed by atoms with E-state index < -0.39 is 0 Å². The standard InChI is InChI=1S/C18H20ClNO4/c1-10-11(2)18(21)24-16-13(10)6-15(19)17-14(16)8-20(9-23-17)7-12-4-3-5-22-12/h6,12H,3-5,7-9H2,1-2H3/t12-/m1/s1. The van der Waals surface area contributed by atoms with Crippen molar-refractivity contribution >= 4 is 22.6 Å². The second kappa shape index (κ2) is 6.06. The highest BCUT2D eigenvalue weighted by atomic mass is 35.5. The van der Waals surface area contributed by atoms with E-state index in [4.69, 9.17) is 25.5 Å². The molecule has 0 bridgehead atoms. The molecule has 6 heteroatoms. The van der Waals surface area contributed by atoms with Crippen LogP contribution in [0.2, 0.25) is 5.02 Å². The summed E-state index contributed by atoms with van der Waals surface area (Å²) in [5.74, 6) is 0.624. The fraction of sp³-hybridized carbons (Fsp3) is 0.500. The number of rotatable bonds is 2. The molecule has 0 unspecified atom stereocenters. The van der Waals surface area contributed by atoms with Crippen LogP contribution in [0, 0.1) is 13.8 Å². The Bertz CT molecular complexity index is 854. The molecule has 1 atom stereocenters. The molecule has 0 amide bonds. The van der Waals surface area contributed by atoms with Crippen molar-refractivity contribution in [2.45, 2.75) is 39.3 Å². The first-order valence-electron chi connectivity index (χ1n) is 8.26. The zero-order valence-corrected chi connectivity index (χ0v) is 14.6. The Morgan fingerprint density at radius 3 is 2.92 bits per heavy atom. The van der Waals surface area contributed by atoms with Crippen molar-refractivity contribution in [3.05, 3.63) is 38.2 Å².